The van der Waals surface area contributed by atoms with Gasteiger partial charge in [0.15, 0.2) is 5.13 Å². The number of nitro groups is 1. The van der Waals surface area contributed by atoms with Crippen molar-refractivity contribution >= 4 is 34.0 Å². The summed E-state index contributed by atoms with van der Waals surface area (Å²) in [7, 11) is 0. The normalized spacial score (nSPS) is 10.5. The highest BCUT2D eigenvalue weighted by Gasteiger charge is 2.19. The molecule has 0 atom stereocenters. The van der Waals surface area contributed by atoms with E-state index in [1.165, 1.54) is 41.7 Å². The van der Waals surface area contributed by atoms with E-state index in [4.69, 9.17) is 9.47 Å². The second-order valence-electron chi connectivity index (χ2n) is 8.48. The monoisotopic (exact) mass is 551 g/mol. The first-order valence-electron chi connectivity index (χ1n) is 12.1. The highest BCUT2D eigenvalue weighted by molar-refractivity contribution is 7.14. The third-order valence-corrected chi connectivity index (χ3v) is 6.52. The van der Waals surface area contributed by atoms with Gasteiger partial charge in [-0.25, -0.2) is 9.78 Å². The average molecular weight is 552 g/mol. The van der Waals surface area contributed by atoms with E-state index >= 15 is 0 Å². The Morgan fingerprint density at radius 2 is 1.45 bits per heavy atom. The summed E-state index contributed by atoms with van der Waals surface area (Å²) in [5, 5.41) is 15.8. The van der Waals surface area contributed by atoms with Crippen molar-refractivity contribution < 1.29 is 24.0 Å². The smallest absolute Gasteiger partial charge is 0.339 e. The van der Waals surface area contributed by atoms with Crippen LogP contribution in [0.1, 0.15) is 26.3 Å². The van der Waals surface area contributed by atoms with Crippen LogP contribution in [0, 0.1) is 10.1 Å². The summed E-state index contributed by atoms with van der Waals surface area (Å²) in [6.45, 7) is -0.0144. The second-order valence-corrected chi connectivity index (χ2v) is 9.33. The van der Waals surface area contributed by atoms with Crippen molar-refractivity contribution in [2.75, 3.05) is 5.32 Å². The predicted molar refractivity (Wildman–Crippen MR) is 151 cm³/mol. The minimum Gasteiger partial charge on any atom is -0.457 e. The number of benzene rings is 4. The number of carbonyl (C=O) groups excluding carboxylic acids is 2. The van der Waals surface area contributed by atoms with Crippen LogP contribution in [0.25, 0.3) is 11.3 Å². The fraction of sp³-hybridized carbons (Fsp3) is 0.0333. The van der Waals surface area contributed by atoms with Crippen LogP contribution in [0.4, 0.5) is 10.8 Å². The number of nitrogens with one attached hydrogen (secondary N) is 1. The standard InChI is InChI=1S/C30H21N3O6S/c34-28(32-30-31-27(19-40-30)21-6-2-1-3-7-21)25-8-4-5-9-26(25)29(35)38-18-20-10-14-23(15-11-20)39-24-16-12-22(13-17-24)33(36)37/h1-17,19H,18H2,(H,31,32,34). The molecular weight excluding hydrogens is 530 g/mol. The van der Waals surface area contributed by atoms with Crippen molar-refractivity contribution in [1.82, 2.24) is 4.98 Å². The van der Waals surface area contributed by atoms with Gasteiger partial charge in [-0.05, 0) is 42.0 Å². The summed E-state index contributed by atoms with van der Waals surface area (Å²) in [5.41, 5.74) is 2.69. The molecule has 1 N–H and O–H groups in total. The lowest BCUT2D eigenvalue weighted by molar-refractivity contribution is -0.384. The van der Waals surface area contributed by atoms with Crippen LogP contribution in [0.15, 0.2) is 109 Å². The van der Waals surface area contributed by atoms with Crippen molar-refractivity contribution in [3.8, 4) is 22.8 Å². The molecule has 0 aliphatic rings. The molecule has 0 fully saturated rings. The summed E-state index contributed by atoms with van der Waals surface area (Å²) in [4.78, 5) is 40.7. The van der Waals surface area contributed by atoms with Crippen molar-refractivity contribution in [2.45, 2.75) is 6.61 Å². The number of esters is 1. The third-order valence-electron chi connectivity index (χ3n) is 5.76. The number of ether oxygens (including phenoxy) is 2. The van der Waals surface area contributed by atoms with Gasteiger partial charge in [0.05, 0.1) is 21.7 Å². The van der Waals surface area contributed by atoms with Crippen LogP contribution >= 0.6 is 11.3 Å². The quantitative estimate of drug-likeness (QED) is 0.118. The van der Waals surface area contributed by atoms with Crippen molar-refractivity contribution in [3.05, 3.63) is 135 Å². The molecule has 5 aromatic rings. The van der Waals surface area contributed by atoms with Crippen molar-refractivity contribution in [2.24, 2.45) is 0 Å². The Labute approximate surface area is 232 Å². The zero-order valence-corrected chi connectivity index (χ0v) is 21.7. The lowest BCUT2D eigenvalue weighted by Crippen LogP contribution is -2.17. The van der Waals surface area contributed by atoms with Gasteiger partial charge in [-0.15, -0.1) is 11.3 Å². The zero-order valence-electron chi connectivity index (χ0n) is 20.9. The fourth-order valence-electron chi connectivity index (χ4n) is 3.75. The third kappa shape index (κ3) is 6.37. The van der Waals surface area contributed by atoms with E-state index in [-0.39, 0.29) is 23.4 Å². The molecule has 0 radical (unpaired) electrons. The maximum atomic E-state index is 13.0. The van der Waals surface area contributed by atoms with E-state index in [9.17, 15) is 19.7 Å². The van der Waals surface area contributed by atoms with Gasteiger partial charge >= 0.3 is 5.97 Å². The number of thiazole rings is 1. The molecule has 1 amide bonds. The van der Waals surface area contributed by atoms with Gasteiger partial charge in [-0.2, -0.15) is 0 Å². The molecule has 0 aliphatic heterocycles. The lowest BCUT2D eigenvalue weighted by atomic mass is 10.1. The summed E-state index contributed by atoms with van der Waals surface area (Å²) < 4.78 is 11.2. The predicted octanol–water partition coefficient (Wildman–Crippen LogP) is 7.12. The number of aromatic nitrogens is 1. The first-order chi connectivity index (χ1) is 19.5. The first kappa shape index (κ1) is 26.3. The zero-order chi connectivity index (χ0) is 27.9. The van der Waals surface area contributed by atoms with Crippen LogP contribution in [-0.2, 0) is 11.3 Å². The maximum absolute atomic E-state index is 13.0. The molecule has 0 spiro atoms. The van der Waals surface area contributed by atoms with E-state index < -0.39 is 16.8 Å². The SMILES string of the molecule is O=C(Nc1nc(-c2ccccc2)cs1)c1ccccc1C(=O)OCc1ccc(Oc2ccc([N+](=O)[O-])cc2)cc1. The molecule has 5 rings (SSSR count). The van der Waals surface area contributed by atoms with Crippen LogP contribution in [0.5, 0.6) is 11.5 Å². The topological polar surface area (TPSA) is 121 Å². The minimum atomic E-state index is -0.638. The number of non-ortho nitro benzene ring substituents is 1. The molecule has 9 nitrogen and oxygen atoms in total. The summed E-state index contributed by atoms with van der Waals surface area (Å²) in [5.74, 6) is -0.132. The number of hydrogen-bond acceptors (Lipinski definition) is 8. The molecule has 0 saturated heterocycles. The highest BCUT2D eigenvalue weighted by Crippen LogP contribution is 2.26. The minimum absolute atomic E-state index is 0.0144. The molecule has 198 valence electrons. The molecule has 0 unspecified atom stereocenters. The molecular formula is C30H21N3O6S. The van der Waals surface area contributed by atoms with Crippen molar-refractivity contribution in [3.63, 3.8) is 0 Å². The van der Waals surface area contributed by atoms with Gasteiger partial charge in [-0.3, -0.25) is 20.2 Å². The highest BCUT2D eigenvalue weighted by atomic mass is 32.1. The molecule has 40 heavy (non-hydrogen) atoms. The molecule has 1 heterocycles. The van der Waals surface area contributed by atoms with Gasteiger partial charge in [-0.1, -0.05) is 54.6 Å². The average Bonchev–Trinajstić information content (AvgIpc) is 3.46. The number of nitro benzene ring substituents is 1. The molecule has 0 aliphatic carbocycles. The summed E-state index contributed by atoms with van der Waals surface area (Å²) in [6, 6.07) is 28.7. The van der Waals surface area contributed by atoms with Crippen LogP contribution < -0.4 is 10.1 Å². The van der Waals surface area contributed by atoms with E-state index in [1.807, 2.05) is 35.7 Å². The number of anilines is 1. The van der Waals surface area contributed by atoms with Gasteiger partial charge in [0.1, 0.15) is 18.1 Å². The Hall–Kier alpha value is -5.35. The largest absolute Gasteiger partial charge is 0.457 e. The first-order valence-corrected chi connectivity index (χ1v) is 12.9. The van der Waals surface area contributed by atoms with E-state index in [0.717, 1.165) is 11.3 Å². The number of carbonyl (C=O) groups is 2. The van der Waals surface area contributed by atoms with Crippen LogP contribution in [0.3, 0.4) is 0 Å². The Balaban J connectivity index is 1.19. The Morgan fingerprint density at radius 1 is 0.825 bits per heavy atom. The van der Waals surface area contributed by atoms with E-state index in [2.05, 4.69) is 10.3 Å². The molecule has 0 saturated carbocycles. The lowest BCUT2D eigenvalue weighted by Gasteiger charge is -2.10. The number of amides is 1. The molecule has 10 heteroatoms. The van der Waals surface area contributed by atoms with Gasteiger partial charge in [0, 0.05) is 23.1 Å². The molecule has 4 aromatic carbocycles. The van der Waals surface area contributed by atoms with Gasteiger partial charge < -0.3 is 9.47 Å². The number of nitrogens with zero attached hydrogens (tertiary/aromatic N) is 2. The van der Waals surface area contributed by atoms with Gasteiger partial charge in [0.2, 0.25) is 0 Å². The fourth-order valence-corrected chi connectivity index (χ4v) is 4.46. The Bertz CT molecular complexity index is 1650. The summed E-state index contributed by atoms with van der Waals surface area (Å²) >= 11 is 1.30. The summed E-state index contributed by atoms with van der Waals surface area (Å²) in [6.07, 6.45) is 0. The molecule has 1 aromatic heterocycles. The number of rotatable bonds is 9. The van der Waals surface area contributed by atoms with Gasteiger partial charge in [0.25, 0.3) is 11.6 Å². The maximum Gasteiger partial charge on any atom is 0.339 e. The number of hydrogen-bond donors (Lipinski definition) is 1. The van der Waals surface area contributed by atoms with Crippen LogP contribution in [0.2, 0.25) is 0 Å². The Morgan fingerprint density at radius 3 is 2.12 bits per heavy atom. The second kappa shape index (κ2) is 12.0. The van der Waals surface area contributed by atoms with E-state index in [1.54, 1.807) is 42.5 Å². The molecule has 0 bridgehead atoms. The van der Waals surface area contributed by atoms with Crippen molar-refractivity contribution in [1.29, 1.82) is 0 Å². The van der Waals surface area contributed by atoms with E-state index in [0.29, 0.717) is 22.2 Å². The Kier molecular flexibility index (Phi) is 7.89. The van der Waals surface area contributed by atoms with Crippen LogP contribution in [-0.4, -0.2) is 21.8 Å².